The smallest absolute Gasteiger partial charge is 0.258 e. The van der Waals surface area contributed by atoms with E-state index in [1.54, 1.807) is 24.5 Å². The molecule has 0 saturated carbocycles. The molecule has 5 nitrogen and oxygen atoms in total. The van der Waals surface area contributed by atoms with Crippen molar-refractivity contribution in [3.63, 3.8) is 0 Å². The highest BCUT2D eigenvalue weighted by molar-refractivity contribution is 6.39. The Bertz CT molecular complexity index is 757. The molecule has 0 spiro atoms. The first kappa shape index (κ1) is 13.0. The van der Waals surface area contributed by atoms with Crippen LogP contribution in [-0.2, 0) is 0 Å². The van der Waals surface area contributed by atoms with E-state index in [0.717, 1.165) is 5.56 Å². The van der Waals surface area contributed by atoms with Crippen LogP contribution in [0.2, 0.25) is 10.0 Å². The van der Waals surface area contributed by atoms with Crippen molar-refractivity contribution in [3.8, 4) is 22.8 Å². The highest BCUT2D eigenvalue weighted by Gasteiger charge is 2.15. The van der Waals surface area contributed by atoms with E-state index in [-0.39, 0.29) is 0 Å². The molecule has 1 aromatic carbocycles. The van der Waals surface area contributed by atoms with Gasteiger partial charge < -0.3 is 14.7 Å². The average Bonchev–Trinajstić information content (AvgIpc) is 3.03. The van der Waals surface area contributed by atoms with Gasteiger partial charge in [0.25, 0.3) is 5.89 Å². The van der Waals surface area contributed by atoms with E-state index in [1.165, 1.54) is 0 Å². The largest absolute Gasteiger partial charge is 0.469 e. The summed E-state index contributed by atoms with van der Waals surface area (Å²) in [7, 11) is 0. The van der Waals surface area contributed by atoms with E-state index in [0.29, 0.717) is 38.8 Å². The van der Waals surface area contributed by atoms with Crippen LogP contribution in [0.3, 0.4) is 0 Å². The number of aryl methyl sites for hydroxylation is 1. The Morgan fingerprint density at radius 3 is 2.50 bits per heavy atom. The Hall–Kier alpha value is -1.98. The number of nitrogen functional groups attached to an aromatic ring is 1. The van der Waals surface area contributed by atoms with Gasteiger partial charge in [-0.25, -0.2) is 0 Å². The van der Waals surface area contributed by atoms with Crippen molar-refractivity contribution in [1.29, 1.82) is 0 Å². The molecule has 2 N–H and O–H groups in total. The molecule has 2 aromatic heterocycles. The van der Waals surface area contributed by atoms with Gasteiger partial charge in [-0.05, 0) is 25.1 Å². The topological polar surface area (TPSA) is 78.1 Å². The summed E-state index contributed by atoms with van der Waals surface area (Å²) >= 11 is 12.0. The Labute approximate surface area is 124 Å². The summed E-state index contributed by atoms with van der Waals surface area (Å²) < 4.78 is 10.4. The molecule has 0 fully saturated rings. The molecule has 0 amide bonds. The minimum absolute atomic E-state index is 0.310. The molecule has 102 valence electrons. The van der Waals surface area contributed by atoms with Gasteiger partial charge in [0.2, 0.25) is 5.82 Å². The minimum Gasteiger partial charge on any atom is -0.469 e. The van der Waals surface area contributed by atoms with Crippen molar-refractivity contribution >= 4 is 28.9 Å². The second-order valence-electron chi connectivity index (χ2n) is 4.17. The molecule has 3 aromatic rings. The van der Waals surface area contributed by atoms with E-state index in [2.05, 4.69) is 10.1 Å². The fraction of sp³-hybridized carbons (Fsp3) is 0.0769. The molecule has 0 bridgehead atoms. The lowest BCUT2D eigenvalue weighted by Gasteiger charge is -2.02. The number of anilines is 1. The molecule has 0 unspecified atom stereocenters. The zero-order chi connectivity index (χ0) is 14.3. The summed E-state index contributed by atoms with van der Waals surface area (Å²) in [6.07, 6.45) is 1.57. The Morgan fingerprint density at radius 1 is 1.20 bits per heavy atom. The Morgan fingerprint density at radius 2 is 1.90 bits per heavy atom. The van der Waals surface area contributed by atoms with Crippen molar-refractivity contribution < 1.29 is 8.94 Å². The lowest BCUT2D eigenvalue weighted by molar-refractivity contribution is 0.432. The first-order chi connectivity index (χ1) is 9.56. The molecule has 20 heavy (non-hydrogen) atoms. The van der Waals surface area contributed by atoms with Crippen molar-refractivity contribution in [2.45, 2.75) is 6.92 Å². The average molecular weight is 310 g/mol. The number of nitrogens with two attached hydrogens (primary N) is 1. The number of rotatable bonds is 2. The fourth-order valence-electron chi connectivity index (χ4n) is 1.77. The number of benzene rings is 1. The van der Waals surface area contributed by atoms with Crippen LogP contribution in [0.1, 0.15) is 5.76 Å². The van der Waals surface area contributed by atoms with Gasteiger partial charge in [0, 0.05) is 5.56 Å². The minimum atomic E-state index is 0.310. The summed E-state index contributed by atoms with van der Waals surface area (Å²) in [6, 6.07) is 5.03. The van der Waals surface area contributed by atoms with E-state index < -0.39 is 0 Å². The summed E-state index contributed by atoms with van der Waals surface area (Å²) in [5.74, 6) is 1.46. The van der Waals surface area contributed by atoms with Crippen molar-refractivity contribution in [2.75, 3.05) is 5.73 Å². The zero-order valence-electron chi connectivity index (χ0n) is 10.4. The van der Waals surface area contributed by atoms with E-state index >= 15 is 0 Å². The molecule has 0 atom stereocenters. The first-order valence-electron chi connectivity index (χ1n) is 5.69. The lowest BCUT2D eigenvalue weighted by Crippen LogP contribution is -1.89. The molecule has 0 aliphatic carbocycles. The van der Waals surface area contributed by atoms with Crippen LogP contribution in [0.4, 0.5) is 5.69 Å². The third-order valence-electron chi connectivity index (χ3n) is 2.85. The quantitative estimate of drug-likeness (QED) is 0.718. The maximum Gasteiger partial charge on any atom is 0.258 e. The highest BCUT2D eigenvalue weighted by atomic mass is 35.5. The third kappa shape index (κ3) is 2.15. The van der Waals surface area contributed by atoms with Gasteiger partial charge in [-0.3, -0.25) is 0 Å². The molecule has 0 aliphatic heterocycles. The standard InChI is InChI=1S/C13H9Cl2N3O2/c1-6-8(2-3-19-6)12-17-13(20-18-12)7-4-9(14)11(16)10(15)5-7/h2-5H,16H2,1H3. The van der Waals surface area contributed by atoms with Crippen LogP contribution in [-0.4, -0.2) is 10.1 Å². The number of furan rings is 1. The van der Waals surface area contributed by atoms with Gasteiger partial charge in [-0.2, -0.15) is 4.98 Å². The normalized spacial score (nSPS) is 10.9. The van der Waals surface area contributed by atoms with Gasteiger partial charge in [0.15, 0.2) is 0 Å². The second kappa shape index (κ2) is 4.85. The zero-order valence-corrected chi connectivity index (χ0v) is 11.9. The maximum atomic E-state index is 5.99. The molecular weight excluding hydrogens is 301 g/mol. The van der Waals surface area contributed by atoms with Gasteiger partial charge >= 0.3 is 0 Å². The van der Waals surface area contributed by atoms with Crippen LogP contribution < -0.4 is 5.73 Å². The number of halogens is 2. The molecule has 0 radical (unpaired) electrons. The summed E-state index contributed by atoms with van der Waals surface area (Å²) in [6.45, 7) is 1.82. The van der Waals surface area contributed by atoms with Gasteiger partial charge in [0.1, 0.15) is 5.76 Å². The van der Waals surface area contributed by atoms with Gasteiger partial charge in [-0.1, -0.05) is 28.4 Å². The number of hydrogen-bond donors (Lipinski definition) is 1. The predicted molar refractivity (Wildman–Crippen MR) is 76.6 cm³/mol. The first-order valence-corrected chi connectivity index (χ1v) is 6.45. The molecule has 3 rings (SSSR count). The number of aromatic nitrogens is 2. The molecule has 7 heteroatoms. The van der Waals surface area contributed by atoms with Gasteiger partial charge in [0.05, 0.1) is 27.6 Å². The van der Waals surface area contributed by atoms with Crippen LogP contribution in [0.5, 0.6) is 0 Å². The summed E-state index contributed by atoms with van der Waals surface area (Å²) in [5.41, 5.74) is 7.39. The number of hydrogen-bond acceptors (Lipinski definition) is 5. The summed E-state index contributed by atoms with van der Waals surface area (Å²) in [5, 5.41) is 4.59. The van der Waals surface area contributed by atoms with Crippen molar-refractivity contribution in [2.24, 2.45) is 0 Å². The van der Waals surface area contributed by atoms with E-state index in [9.17, 15) is 0 Å². The molecule has 0 aliphatic rings. The van der Waals surface area contributed by atoms with Crippen LogP contribution in [0.15, 0.2) is 33.4 Å². The fourth-order valence-corrected chi connectivity index (χ4v) is 2.26. The van der Waals surface area contributed by atoms with Crippen LogP contribution in [0, 0.1) is 6.92 Å². The Kier molecular flexibility index (Phi) is 3.16. The Balaban J connectivity index is 2.05. The molecule has 2 heterocycles. The van der Waals surface area contributed by atoms with Crippen molar-refractivity contribution in [3.05, 3.63) is 40.3 Å². The molecular formula is C13H9Cl2N3O2. The number of nitrogens with zero attached hydrogens (tertiary/aromatic N) is 2. The third-order valence-corrected chi connectivity index (χ3v) is 3.48. The lowest BCUT2D eigenvalue weighted by atomic mass is 10.2. The van der Waals surface area contributed by atoms with Crippen LogP contribution >= 0.6 is 23.2 Å². The van der Waals surface area contributed by atoms with E-state index in [4.69, 9.17) is 37.9 Å². The maximum absolute atomic E-state index is 5.99. The second-order valence-corrected chi connectivity index (χ2v) is 4.98. The molecule has 0 saturated heterocycles. The van der Waals surface area contributed by atoms with Crippen LogP contribution in [0.25, 0.3) is 22.8 Å². The van der Waals surface area contributed by atoms with Crippen molar-refractivity contribution in [1.82, 2.24) is 10.1 Å². The predicted octanol–water partition coefficient (Wildman–Crippen LogP) is 4.19. The highest BCUT2D eigenvalue weighted by Crippen LogP contribution is 2.33. The van der Waals surface area contributed by atoms with Gasteiger partial charge in [-0.15, -0.1) is 0 Å². The SMILES string of the molecule is Cc1occc1-c1noc(-c2cc(Cl)c(N)c(Cl)c2)n1. The van der Waals surface area contributed by atoms with E-state index in [1.807, 2.05) is 6.92 Å². The monoisotopic (exact) mass is 309 g/mol. The summed E-state index contributed by atoms with van der Waals surface area (Å²) in [4.78, 5) is 4.30.